The molecule has 0 amide bonds. The minimum absolute atomic E-state index is 0.0400. The summed E-state index contributed by atoms with van der Waals surface area (Å²) in [5, 5.41) is 23.9. The predicted octanol–water partition coefficient (Wildman–Crippen LogP) is 5.79. The van der Waals surface area contributed by atoms with E-state index in [1.165, 1.54) is 11.3 Å². The van der Waals surface area contributed by atoms with Crippen LogP contribution in [-0.2, 0) is 6.42 Å². The molecule has 2 aromatic rings. The van der Waals surface area contributed by atoms with Gasteiger partial charge in [0.05, 0.1) is 6.10 Å². The van der Waals surface area contributed by atoms with E-state index in [4.69, 9.17) is 39.9 Å². The summed E-state index contributed by atoms with van der Waals surface area (Å²) < 4.78 is 0. The van der Waals surface area contributed by atoms with Crippen LogP contribution in [0.15, 0.2) is 30.3 Å². The van der Waals surface area contributed by atoms with E-state index in [0.29, 0.717) is 27.9 Å². The number of aliphatic hydroxyl groups excluding tert-OH is 1. The molecule has 1 aliphatic carbocycles. The van der Waals surface area contributed by atoms with E-state index in [1.54, 1.807) is 24.3 Å². The van der Waals surface area contributed by atoms with Gasteiger partial charge >= 0.3 is 5.97 Å². The van der Waals surface area contributed by atoms with Crippen molar-refractivity contribution in [2.24, 2.45) is 11.8 Å². The van der Waals surface area contributed by atoms with Crippen LogP contribution in [0, 0.1) is 11.8 Å². The molecule has 1 fully saturated rings. The normalized spacial score (nSPS) is 24.4. The molecule has 3 N–H and O–H groups in total. The lowest BCUT2D eigenvalue weighted by molar-refractivity contribution is 0.0702. The number of aromatic carboxylic acids is 1. The standard InChI is InChI=1S/C20H22Cl3NO3S/c21-11-6-12(22)8-13(7-11)24-10-16-15(17(23)9-18(16)25)3-1-2-14-4-5-19(28-14)20(26)27/h4-8,15-18,24-25H,1-3,9-10H2,(H,26,27)/t15-,16?,17?,18-/m1/s1. The number of aryl methyl sites for hydroxylation is 1. The summed E-state index contributed by atoms with van der Waals surface area (Å²) in [5.41, 5.74) is 0.821. The van der Waals surface area contributed by atoms with Gasteiger partial charge in [0.25, 0.3) is 0 Å². The first kappa shape index (κ1) is 21.7. The zero-order chi connectivity index (χ0) is 20.3. The second-order valence-electron chi connectivity index (χ2n) is 7.15. The lowest BCUT2D eigenvalue weighted by Gasteiger charge is -2.24. The van der Waals surface area contributed by atoms with Gasteiger partial charge in [-0.3, -0.25) is 0 Å². The molecule has 1 aliphatic rings. The molecule has 8 heteroatoms. The molecular weight excluding hydrogens is 441 g/mol. The van der Waals surface area contributed by atoms with E-state index in [0.717, 1.165) is 29.8 Å². The first-order valence-electron chi connectivity index (χ1n) is 9.17. The van der Waals surface area contributed by atoms with E-state index in [1.807, 2.05) is 6.07 Å². The number of carboxylic acid groups (broad SMARTS) is 1. The van der Waals surface area contributed by atoms with Crippen molar-refractivity contribution in [3.63, 3.8) is 0 Å². The van der Waals surface area contributed by atoms with Gasteiger partial charge in [0.15, 0.2) is 0 Å². The van der Waals surface area contributed by atoms with E-state index < -0.39 is 12.1 Å². The summed E-state index contributed by atoms with van der Waals surface area (Å²) in [7, 11) is 0. The maximum absolute atomic E-state index is 11.0. The SMILES string of the molecule is O=C(O)c1ccc(CCC[C@H]2C(Cl)C[C@@H](O)C2CNc2cc(Cl)cc(Cl)c2)s1. The molecule has 0 saturated heterocycles. The second kappa shape index (κ2) is 9.68. The van der Waals surface area contributed by atoms with Crippen LogP contribution in [0.4, 0.5) is 5.69 Å². The van der Waals surface area contributed by atoms with E-state index in [9.17, 15) is 9.90 Å². The van der Waals surface area contributed by atoms with Crippen LogP contribution in [0.5, 0.6) is 0 Å². The van der Waals surface area contributed by atoms with Gasteiger partial charge in [-0.2, -0.15) is 0 Å². The van der Waals surface area contributed by atoms with Crippen molar-refractivity contribution in [1.82, 2.24) is 0 Å². The van der Waals surface area contributed by atoms with Crippen LogP contribution in [0.2, 0.25) is 10.0 Å². The van der Waals surface area contributed by atoms with Gasteiger partial charge in [0.2, 0.25) is 0 Å². The fraction of sp³-hybridized carbons (Fsp3) is 0.450. The number of hydrogen-bond donors (Lipinski definition) is 3. The van der Waals surface area contributed by atoms with Crippen LogP contribution in [0.25, 0.3) is 0 Å². The number of hydrogen-bond acceptors (Lipinski definition) is 4. The van der Waals surface area contributed by atoms with Crippen molar-refractivity contribution in [3.05, 3.63) is 50.1 Å². The minimum atomic E-state index is -0.886. The van der Waals surface area contributed by atoms with Crippen molar-refractivity contribution in [2.45, 2.75) is 37.2 Å². The number of halogens is 3. The maximum Gasteiger partial charge on any atom is 0.345 e. The molecule has 1 aromatic heterocycles. The molecule has 4 nitrogen and oxygen atoms in total. The number of alkyl halides is 1. The Balaban J connectivity index is 1.56. The quantitative estimate of drug-likeness (QED) is 0.434. The van der Waals surface area contributed by atoms with Gasteiger partial charge in [-0.15, -0.1) is 22.9 Å². The number of rotatable bonds is 8. The largest absolute Gasteiger partial charge is 0.477 e. The van der Waals surface area contributed by atoms with E-state index in [2.05, 4.69) is 5.32 Å². The van der Waals surface area contributed by atoms with Crippen LogP contribution in [0.1, 0.15) is 33.8 Å². The van der Waals surface area contributed by atoms with Crippen molar-refractivity contribution >= 4 is 57.8 Å². The molecule has 0 radical (unpaired) electrons. The highest BCUT2D eigenvalue weighted by molar-refractivity contribution is 7.13. The summed E-state index contributed by atoms with van der Waals surface area (Å²) in [6.45, 7) is 0.591. The Morgan fingerprint density at radius 3 is 2.54 bits per heavy atom. The number of thiophene rings is 1. The van der Waals surface area contributed by atoms with E-state index in [-0.39, 0.29) is 17.2 Å². The highest BCUT2D eigenvalue weighted by Crippen LogP contribution is 2.39. The summed E-state index contributed by atoms with van der Waals surface area (Å²) in [5.74, 6) is -0.654. The minimum Gasteiger partial charge on any atom is -0.477 e. The fourth-order valence-corrected chi connectivity index (χ4v) is 5.76. The van der Waals surface area contributed by atoms with Gasteiger partial charge < -0.3 is 15.5 Å². The number of carbonyl (C=O) groups is 1. The summed E-state index contributed by atoms with van der Waals surface area (Å²) in [4.78, 5) is 12.4. The maximum atomic E-state index is 11.0. The van der Waals surface area contributed by atoms with Crippen LogP contribution >= 0.6 is 46.1 Å². The molecule has 2 unspecified atom stereocenters. The lowest BCUT2D eigenvalue weighted by atomic mass is 9.89. The average Bonchev–Trinajstić information content (AvgIpc) is 3.18. The number of benzene rings is 1. The smallest absolute Gasteiger partial charge is 0.345 e. The Kier molecular flexibility index (Phi) is 7.51. The molecule has 1 aromatic carbocycles. The average molecular weight is 463 g/mol. The second-order valence-corrected chi connectivity index (χ2v) is 9.75. The molecule has 0 bridgehead atoms. The molecule has 3 rings (SSSR count). The Bertz CT molecular complexity index is 809. The Morgan fingerprint density at radius 2 is 1.89 bits per heavy atom. The number of nitrogens with one attached hydrogen (secondary N) is 1. The zero-order valence-corrected chi connectivity index (χ0v) is 18.2. The third kappa shape index (κ3) is 5.55. The van der Waals surface area contributed by atoms with Gasteiger partial charge in [-0.25, -0.2) is 4.79 Å². The third-order valence-electron chi connectivity index (χ3n) is 5.21. The Hall–Kier alpha value is -0.980. The first-order chi connectivity index (χ1) is 13.3. The molecule has 0 spiro atoms. The summed E-state index contributed by atoms with van der Waals surface area (Å²) in [6, 6.07) is 8.81. The lowest BCUT2D eigenvalue weighted by Crippen LogP contribution is -2.28. The summed E-state index contributed by atoms with van der Waals surface area (Å²) >= 11 is 19.9. The number of anilines is 1. The van der Waals surface area contributed by atoms with Gasteiger partial charge in [0, 0.05) is 38.4 Å². The Morgan fingerprint density at radius 1 is 1.18 bits per heavy atom. The van der Waals surface area contributed by atoms with Crippen LogP contribution < -0.4 is 5.32 Å². The van der Waals surface area contributed by atoms with Crippen molar-refractivity contribution in [1.29, 1.82) is 0 Å². The third-order valence-corrected chi connectivity index (χ3v) is 7.28. The number of carboxylic acids is 1. The fourth-order valence-electron chi connectivity index (χ4n) is 3.85. The predicted molar refractivity (Wildman–Crippen MR) is 116 cm³/mol. The molecular formula is C20H22Cl3NO3S. The Labute approximate surface area is 183 Å². The van der Waals surface area contributed by atoms with Gasteiger partial charge in [-0.1, -0.05) is 23.2 Å². The van der Waals surface area contributed by atoms with Gasteiger partial charge in [0.1, 0.15) is 4.88 Å². The molecule has 1 heterocycles. The van der Waals surface area contributed by atoms with E-state index >= 15 is 0 Å². The molecule has 28 heavy (non-hydrogen) atoms. The van der Waals surface area contributed by atoms with Crippen LogP contribution in [-0.4, -0.2) is 34.2 Å². The molecule has 152 valence electrons. The van der Waals surface area contributed by atoms with Crippen molar-refractivity contribution in [2.75, 3.05) is 11.9 Å². The van der Waals surface area contributed by atoms with Gasteiger partial charge in [-0.05, 0) is 61.9 Å². The first-order valence-corrected chi connectivity index (χ1v) is 11.2. The van der Waals surface area contributed by atoms with Crippen molar-refractivity contribution in [3.8, 4) is 0 Å². The molecule has 4 atom stereocenters. The zero-order valence-electron chi connectivity index (χ0n) is 15.1. The molecule has 0 aliphatic heterocycles. The molecule has 1 saturated carbocycles. The summed E-state index contributed by atoms with van der Waals surface area (Å²) in [6.07, 6.45) is 2.73. The number of aliphatic hydroxyl groups is 1. The van der Waals surface area contributed by atoms with Crippen LogP contribution in [0.3, 0.4) is 0 Å². The highest BCUT2D eigenvalue weighted by atomic mass is 35.5. The topological polar surface area (TPSA) is 69.6 Å². The monoisotopic (exact) mass is 461 g/mol. The van der Waals surface area contributed by atoms with Crippen molar-refractivity contribution < 1.29 is 15.0 Å². The highest BCUT2D eigenvalue weighted by Gasteiger charge is 2.40.